The number of rotatable bonds is 2. The monoisotopic (exact) mass is 292 g/mol. The van der Waals surface area contributed by atoms with Gasteiger partial charge in [0.25, 0.3) is 0 Å². The van der Waals surface area contributed by atoms with Crippen LogP contribution in [0.3, 0.4) is 0 Å². The average molecular weight is 293 g/mol. The summed E-state index contributed by atoms with van der Waals surface area (Å²) in [6.45, 7) is 2.28. The van der Waals surface area contributed by atoms with Gasteiger partial charge in [0.15, 0.2) is 0 Å². The van der Waals surface area contributed by atoms with E-state index < -0.39 is 0 Å². The Morgan fingerprint density at radius 3 is 2.59 bits per heavy atom. The van der Waals surface area contributed by atoms with Gasteiger partial charge in [-0.15, -0.1) is 0 Å². The molecule has 1 aromatic carbocycles. The molecule has 2 nitrogen and oxygen atoms in total. The molecule has 1 aliphatic carbocycles. The van der Waals surface area contributed by atoms with Crippen LogP contribution in [0.25, 0.3) is 0 Å². The summed E-state index contributed by atoms with van der Waals surface area (Å²) in [5.41, 5.74) is 1.92. The van der Waals surface area contributed by atoms with Crippen LogP contribution < -0.4 is 5.32 Å². The SMILES string of the molecule is CC1(Nc2cc(Br)cc(C#N)c2)CCCCC1. The molecule has 2 rings (SSSR count). The molecule has 0 saturated heterocycles. The second kappa shape index (κ2) is 5.10. The molecule has 0 atom stereocenters. The van der Waals surface area contributed by atoms with Crippen LogP contribution in [-0.4, -0.2) is 5.54 Å². The standard InChI is InChI=1S/C14H17BrN2/c1-14(5-3-2-4-6-14)17-13-8-11(10-16)7-12(15)9-13/h7-9,17H,2-6H2,1H3. The van der Waals surface area contributed by atoms with Crippen molar-refractivity contribution in [2.75, 3.05) is 5.32 Å². The highest BCUT2D eigenvalue weighted by molar-refractivity contribution is 9.10. The Balaban J connectivity index is 2.17. The van der Waals surface area contributed by atoms with Crippen molar-refractivity contribution in [2.45, 2.75) is 44.6 Å². The molecule has 0 aromatic heterocycles. The zero-order chi connectivity index (χ0) is 12.3. The van der Waals surface area contributed by atoms with Gasteiger partial charge in [0, 0.05) is 15.7 Å². The maximum absolute atomic E-state index is 8.96. The van der Waals surface area contributed by atoms with E-state index in [0.717, 1.165) is 10.2 Å². The van der Waals surface area contributed by atoms with Crippen LogP contribution in [0.15, 0.2) is 22.7 Å². The van der Waals surface area contributed by atoms with Crippen molar-refractivity contribution >= 4 is 21.6 Å². The van der Waals surface area contributed by atoms with E-state index >= 15 is 0 Å². The first-order valence-electron chi connectivity index (χ1n) is 6.10. The van der Waals surface area contributed by atoms with Gasteiger partial charge in [0.05, 0.1) is 11.6 Å². The summed E-state index contributed by atoms with van der Waals surface area (Å²) < 4.78 is 0.957. The Labute approximate surface area is 111 Å². The molecule has 3 heteroatoms. The van der Waals surface area contributed by atoms with E-state index in [0.29, 0.717) is 5.56 Å². The molecule has 1 saturated carbocycles. The molecule has 0 spiro atoms. The van der Waals surface area contributed by atoms with E-state index in [1.165, 1.54) is 32.1 Å². The lowest BCUT2D eigenvalue weighted by atomic mass is 9.83. The summed E-state index contributed by atoms with van der Waals surface area (Å²) in [5.74, 6) is 0. The molecule has 17 heavy (non-hydrogen) atoms. The van der Waals surface area contributed by atoms with E-state index in [1.54, 1.807) is 0 Å². The summed E-state index contributed by atoms with van der Waals surface area (Å²) in [4.78, 5) is 0. The fourth-order valence-corrected chi connectivity index (χ4v) is 3.03. The Kier molecular flexibility index (Phi) is 3.73. The second-order valence-corrected chi connectivity index (χ2v) is 6.00. The minimum atomic E-state index is 0.186. The highest BCUT2D eigenvalue weighted by Gasteiger charge is 2.26. The predicted molar refractivity (Wildman–Crippen MR) is 74.0 cm³/mol. The molecule has 0 radical (unpaired) electrons. The maximum Gasteiger partial charge on any atom is 0.0992 e. The maximum atomic E-state index is 8.96. The molecule has 0 amide bonds. The molecular weight excluding hydrogens is 276 g/mol. The fraction of sp³-hybridized carbons (Fsp3) is 0.500. The lowest BCUT2D eigenvalue weighted by Gasteiger charge is -2.35. The first kappa shape index (κ1) is 12.4. The van der Waals surface area contributed by atoms with E-state index in [1.807, 2.05) is 18.2 Å². The highest BCUT2D eigenvalue weighted by atomic mass is 79.9. The quantitative estimate of drug-likeness (QED) is 0.874. The summed E-state index contributed by atoms with van der Waals surface area (Å²) in [7, 11) is 0. The smallest absolute Gasteiger partial charge is 0.0992 e. The first-order valence-corrected chi connectivity index (χ1v) is 6.89. The van der Waals surface area contributed by atoms with E-state index in [-0.39, 0.29) is 5.54 Å². The van der Waals surface area contributed by atoms with Gasteiger partial charge in [-0.3, -0.25) is 0 Å². The number of hydrogen-bond acceptors (Lipinski definition) is 2. The summed E-state index contributed by atoms with van der Waals surface area (Å²) in [6, 6.07) is 7.99. The third-order valence-corrected chi connectivity index (χ3v) is 3.89. The Bertz CT molecular complexity index is 442. The minimum absolute atomic E-state index is 0.186. The fourth-order valence-electron chi connectivity index (χ4n) is 2.53. The largest absolute Gasteiger partial charge is 0.380 e. The molecule has 1 aromatic rings. The topological polar surface area (TPSA) is 35.8 Å². The van der Waals surface area contributed by atoms with Crippen molar-refractivity contribution in [3.63, 3.8) is 0 Å². The van der Waals surface area contributed by atoms with Crippen molar-refractivity contribution in [2.24, 2.45) is 0 Å². The van der Waals surface area contributed by atoms with E-state index in [4.69, 9.17) is 5.26 Å². The van der Waals surface area contributed by atoms with Crippen LogP contribution in [0.5, 0.6) is 0 Å². The molecule has 1 fully saturated rings. The summed E-state index contributed by atoms with van der Waals surface area (Å²) in [6.07, 6.45) is 6.35. The Hall–Kier alpha value is -1.01. The van der Waals surface area contributed by atoms with Gasteiger partial charge in [-0.05, 0) is 38.0 Å². The summed E-state index contributed by atoms with van der Waals surface area (Å²) >= 11 is 3.45. The minimum Gasteiger partial charge on any atom is -0.380 e. The molecule has 0 unspecified atom stereocenters. The third kappa shape index (κ3) is 3.23. The predicted octanol–water partition coefficient (Wildman–Crippen LogP) is 4.46. The van der Waals surface area contributed by atoms with Crippen molar-refractivity contribution in [3.8, 4) is 6.07 Å². The number of nitrogens with zero attached hydrogens (tertiary/aromatic N) is 1. The van der Waals surface area contributed by atoms with Gasteiger partial charge in [-0.2, -0.15) is 5.26 Å². The van der Waals surface area contributed by atoms with Crippen LogP contribution in [-0.2, 0) is 0 Å². The first-order chi connectivity index (χ1) is 8.11. The lowest BCUT2D eigenvalue weighted by Crippen LogP contribution is -2.36. The third-order valence-electron chi connectivity index (χ3n) is 3.43. The summed E-state index contributed by atoms with van der Waals surface area (Å²) in [5, 5.41) is 12.5. The van der Waals surface area contributed by atoms with Gasteiger partial charge in [0.2, 0.25) is 0 Å². The zero-order valence-electron chi connectivity index (χ0n) is 10.1. The zero-order valence-corrected chi connectivity index (χ0v) is 11.7. The molecule has 0 aliphatic heterocycles. The molecular formula is C14H17BrN2. The Morgan fingerprint density at radius 1 is 1.24 bits per heavy atom. The van der Waals surface area contributed by atoms with Gasteiger partial charge in [-0.25, -0.2) is 0 Å². The van der Waals surface area contributed by atoms with Gasteiger partial charge < -0.3 is 5.32 Å². The van der Waals surface area contributed by atoms with Crippen molar-refractivity contribution < 1.29 is 0 Å². The number of nitrogens with one attached hydrogen (secondary N) is 1. The second-order valence-electron chi connectivity index (χ2n) is 5.09. The lowest BCUT2D eigenvalue weighted by molar-refractivity contribution is 0.349. The van der Waals surface area contributed by atoms with Crippen LogP contribution in [0.2, 0.25) is 0 Å². The van der Waals surface area contributed by atoms with Gasteiger partial charge in [0.1, 0.15) is 0 Å². The van der Waals surface area contributed by atoms with Crippen molar-refractivity contribution in [3.05, 3.63) is 28.2 Å². The van der Waals surface area contributed by atoms with Crippen LogP contribution >= 0.6 is 15.9 Å². The van der Waals surface area contributed by atoms with E-state index in [2.05, 4.69) is 34.2 Å². The van der Waals surface area contributed by atoms with Crippen LogP contribution in [0.1, 0.15) is 44.6 Å². The van der Waals surface area contributed by atoms with Gasteiger partial charge >= 0.3 is 0 Å². The van der Waals surface area contributed by atoms with Crippen LogP contribution in [0.4, 0.5) is 5.69 Å². The average Bonchev–Trinajstić information content (AvgIpc) is 2.28. The molecule has 0 bridgehead atoms. The normalized spacial score (nSPS) is 18.4. The van der Waals surface area contributed by atoms with Crippen molar-refractivity contribution in [1.29, 1.82) is 5.26 Å². The van der Waals surface area contributed by atoms with Gasteiger partial charge in [-0.1, -0.05) is 35.2 Å². The number of halogens is 1. The number of hydrogen-bond donors (Lipinski definition) is 1. The molecule has 1 N–H and O–H groups in total. The Morgan fingerprint density at radius 2 is 1.94 bits per heavy atom. The number of nitriles is 1. The molecule has 1 aliphatic rings. The van der Waals surface area contributed by atoms with E-state index in [9.17, 15) is 0 Å². The highest BCUT2D eigenvalue weighted by Crippen LogP contribution is 2.32. The number of benzene rings is 1. The molecule has 90 valence electrons. The molecule has 0 heterocycles. The number of anilines is 1. The van der Waals surface area contributed by atoms with Crippen LogP contribution in [0, 0.1) is 11.3 Å². The van der Waals surface area contributed by atoms with Crippen molar-refractivity contribution in [1.82, 2.24) is 0 Å².